The van der Waals surface area contributed by atoms with Crippen molar-refractivity contribution in [1.82, 2.24) is 9.80 Å². The Balaban J connectivity index is 1.48. The van der Waals surface area contributed by atoms with Crippen molar-refractivity contribution in [3.8, 4) is 0 Å². The van der Waals surface area contributed by atoms with Crippen LogP contribution in [0.5, 0.6) is 0 Å². The first kappa shape index (κ1) is 15.2. The Labute approximate surface area is 126 Å². The molecule has 1 atom stereocenters. The molecule has 3 aliphatic heterocycles. The largest absolute Gasteiger partial charge is 0.381 e. The highest BCUT2D eigenvalue weighted by Crippen LogP contribution is 2.21. The zero-order valence-corrected chi connectivity index (χ0v) is 13.2. The maximum Gasteiger partial charge on any atom is 0.228 e. The van der Waals surface area contributed by atoms with Crippen LogP contribution in [-0.2, 0) is 19.4 Å². The number of piperazine rings is 1. The Morgan fingerprint density at radius 2 is 1.67 bits per heavy atom. The molecule has 3 heterocycles. The number of hydrogen-bond acceptors (Lipinski definition) is 5. The van der Waals surface area contributed by atoms with Gasteiger partial charge in [0, 0.05) is 38.8 Å². The van der Waals surface area contributed by atoms with E-state index in [1.165, 1.54) is 0 Å². The highest BCUT2D eigenvalue weighted by Gasteiger charge is 2.33. The summed E-state index contributed by atoms with van der Waals surface area (Å²) in [5.74, 6) is 0.918. The molecule has 3 saturated heterocycles. The standard InChI is InChI=1S/C14H24N2O4S/c17-14(12-1-8-20-11-12)16-6-4-15(5-7-16)13-2-9-21(18,19)10-3-13/h12-13H,1-11H2. The quantitative estimate of drug-likeness (QED) is 0.702. The van der Waals surface area contributed by atoms with Crippen LogP contribution in [0.3, 0.4) is 0 Å². The van der Waals surface area contributed by atoms with Gasteiger partial charge in [-0.05, 0) is 19.3 Å². The first-order valence-electron chi connectivity index (χ1n) is 7.86. The topological polar surface area (TPSA) is 66.9 Å². The van der Waals surface area contributed by atoms with E-state index in [1.807, 2.05) is 4.90 Å². The van der Waals surface area contributed by atoms with Gasteiger partial charge < -0.3 is 9.64 Å². The van der Waals surface area contributed by atoms with Crippen molar-refractivity contribution in [3.05, 3.63) is 0 Å². The molecule has 0 spiro atoms. The number of sulfone groups is 1. The second-order valence-electron chi connectivity index (χ2n) is 6.30. The lowest BCUT2D eigenvalue weighted by molar-refractivity contribution is -0.137. The van der Waals surface area contributed by atoms with Crippen molar-refractivity contribution in [2.24, 2.45) is 5.92 Å². The summed E-state index contributed by atoms with van der Waals surface area (Å²) in [7, 11) is -2.79. The molecule has 120 valence electrons. The molecule has 3 rings (SSSR count). The molecule has 3 fully saturated rings. The van der Waals surface area contributed by atoms with Gasteiger partial charge in [-0.1, -0.05) is 0 Å². The van der Waals surface area contributed by atoms with Crippen LogP contribution in [0.4, 0.5) is 0 Å². The van der Waals surface area contributed by atoms with Gasteiger partial charge in [-0.15, -0.1) is 0 Å². The smallest absolute Gasteiger partial charge is 0.228 e. The van der Waals surface area contributed by atoms with Gasteiger partial charge in [-0.25, -0.2) is 8.42 Å². The maximum absolute atomic E-state index is 12.3. The minimum absolute atomic E-state index is 0.0522. The molecule has 0 aliphatic carbocycles. The van der Waals surface area contributed by atoms with E-state index in [4.69, 9.17) is 4.74 Å². The monoisotopic (exact) mass is 316 g/mol. The summed E-state index contributed by atoms with van der Waals surface area (Å²) in [4.78, 5) is 16.6. The second-order valence-corrected chi connectivity index (χ2v) is 8.61. The van der Waals surface area contributed by atoms with Gasteiger partial charge in [0.2, 0.25) is 5.91 Å². The van der Waals surface area contributed by atoms with Crippen molar-refractivity contribution in [3.63, 3.8) is 0 Å². The van der Waals surface area contributed by atoms with Gasteiger partial charge >= 0.3 is 0 Å². The fraction of sp³-hybridized carbons (Fsp3) is 0.929. The summed E-state index contributed by atoms with van der Waals surface area (Å²) >= 11 is 0. The molecule has 3 aliphatic rings. The highest BCUT2D eigenvalue weighted by atomic mass is 32.2. The molecule has 0 aromatic rings. The lowest BCUT2D eigenvalue weighted by Gasteiger charge is -2.41. The molecular formula is C14H24N2O4S. The third kappa shape index (κ3) is 3.57. The Hall–Kier alpha value is -0.660. The summed E-state index contributed by atoms with van der Waals surface area (Å²) in [6.07, 6.45) is 2.33. The van der Waals surface area contributed by atoms with Crippen LogP contribution in [0.1, 0.15) is 19.3 Å². The Morgan fingerprint density at radius 3 is 2.24 bits per heavy atom. The third-order valence-corrected chi connectivity index (χ3v) is 6.66. The number of carbonyl (C=O) groups is 1. The molecule has 6 nitrogen and oxygen atoms in total. The second kappa shape index (κ2) is 6.22. The lowest BCUT2D eigenvalue weighted by atomic mass is 10.1. The number of carbonyl (C=O) groups excluding carboxylic acids is 1. The average molecular weight is 316 g/mol. The van der Waals surface area contributed by atoms with Crippen molar-refractivity contribution < 1.29 is 17.9 Å². The molecule has 0 aromatic heterocycles. The van der Waals surface area contributed by atoms with Gasteiger partial charge in [-0.2, -0.15) is 0 Å². The predicted octanol–water partition coefficient (Wildman–Crippen LogP) is -0.256. The van der Waals surface area contributed by atoms with Crippen molar-refractivity contribution >= 4 is 15.7 Å². The van der Waals surface area contributed by atoms with Gasteiger partial charge in [0.1, 0.15) is 9.84 Å². The summed E-state index contributed by atoms with van der Waals surface area (Å²) in [5.41, 5.74) is 0. The fourth-order valence-electron chi connectivity index (χ4n) is 3.54. The van der Waals surface area contributed by atoms with Gasteiger partial charge in [0.25, 0.3) is 0 Å². The molecule has 7 heteroatoms. The summed E-state index contributed by atoms with van der Waals surface area (Å²) in [5, 5.41) is 0. The zero-order valence-electron chi connectivity index (χ0n) is 12.4. The minimum Gasteiger partial charge on any atom is -0.381 e. The van der Waals surface area contributed by atoms with E-state index in [1.54, 1.807) is 0 Å². The number of rotatable bonds is 2. The Morgan fingerprint density at radius 1 is 1.00 bits per heavy atom. The molecule has 0 bridgehead atoms. The van der Waals surface area contributed by atoms with Gasteiger partial charge in [-0.3, -0.25) is 9.69 Å². The Bertz CT molecular complexity index is 465. The number of ether oxygens (including phenoxy) is 1. The van der Waals surface area contributed by atoms with E-state index in [9.17, 15) is 13.2 Å². The van der Waals surface area contributed by atoms with Crippen molar-refractivity contribution in [2.75, 3.05) is 50.9 Å². The Kier molecular flexibility index (Phi) is 4.51. The van der Waals surface area contributed by atoms with E-state index < -0.39 is 9.84 Å². The molecule has 1 unspecified atom stereocenters. The number of hydrogen-bond donors (Lipinski definition) is 0. The first-order valence-corrected chi connectivity index (χ1v) is 9.68. The molecule has 0 saturated carbocycles. The summed E-state index contributed by atoms with van der Waals surface area (Å²) in [6, 6.07) is 0.376. The van der Waals surface area contributed by atoms with Crippen LogP contribution in [0.25, 0.3) is 0 Å². The maximum atomic E-state index is 12.3. The van der Waals surface area contributed by atoms with E-state index in [2.05, 4.69) is 4.90 Å². The van der Waals surface area contributed by atoms with Crippen LogP contribution in [0, 0.1) is 5.92 Å². The van der Waals surface area contributed by atoms with Crippen molar-refractivity contribution in [2.45, 2.75) is 25.3 Å². The van der Waals surface area contributed by atoms with E-state index in [-0.39, 0.29) is 11.8 Å². The minimum atomic E-state index is -2.79. The molecule has 21 heavy (non-hydrogen) atoms. The third-order valence-electron chi connectivity index (χ3n) is 4.95. The van der Waals surface area contributed by atoms with E-state index >= 15 is 0 Å². The first-order chi connectivity index (χ1) is 10.1. The molecule has 0 N–H and O–H groups in total. The fourth-order valence-corrected chi connectivity index (χ4v) is 5.00. The average Bonchev–Trinajstić information content (AvgIpc) is 3.01. The molecule has 0 aromatic carbocycles. The predicted molar refractivity (Wildman–Crippen MR) is 78.8 cm³/mol. The van der Waals surface area contributed by atoms with Crippen LogP contribution in [-0.4, -0.2) is 81.1 Å². The van der Waals surface area contributed by atoms with Gasteiger partial charge in [0.15, 0.2) is 0 Å². The number of amides is 1. The summed E-state index contributed by atoms with van der Waals surface area (Å²) < 4.78 is 28.3. The normalized spacial score (nSPS) is 31.4. The van der Waals surface area contributed by atoms with E-state index in [0.29, 0.717) is 30.8 Å². The van der Waals surface area contributed by atoms with Gasteiger partial charge in [0.05, 0.1) is 24.0 Å². The molecular weight excluding hydrogens is 292 g/mol. The van der Waals surface area contributed by atoms with Crippen LogP contribution in [0.15, 0.2) is 0 Å². The summed E-state index contributed by atoms with van der Waals surface area (Å²) in [6.45, 7) is 4.53. The molecule has 1 amide bonds. The molecule has 0 radical (unpaired) electrons. The van der Waals surface area contributed by atoms with Crippen LogP contribution in [0.2, 0.25) is 0 Å². The number of nitrogens with zero attached hydrogens (tertiary/aromatic N) is 2. The zero-order chi connectivity index (χ0) is 14.9. The SMILES string of the molecule is O=C(C1CCOC1)N1CCN(C2CCS(=O)(=O)CC2)CC1. The van der Waals surface area contributed by atoms with E-state index in [0.717, 1.165) is 45.4 Å². The highest BCUT2D eigenvalue weighted by molar-refractivity contribution is 7.91. The lowest BCUT2D eigenvalue weighted by Crippen LogP contribution is -2.54. The van der Waals surface area contributed by atoms with Crippen LogP contribution >= 0.6 is 0 Å². The van der Waals surface area contributed by atoms with Crippen LogP contribution < -0.4 is 0 Å². The van der Waals surface area contributed by atoms with Crippen molar-refractivity contribution in [1.29, 1.82) is 0 Å².